The molecule has 0 amide bonds. The molecule has 0 spiro atoms. The van der Waals surface area contributed by atoms with Crippen LogP contribution in [0.15, 0.2) is 11.6 Å². The number of rotatable bonds is 4. The average Bonchev–Trinajstić information content (AvgIpc) is 2.81. The molecule has 0 unspecified atom stereocenters. The third kappa shape index (κ3) is 3.57. The van der Waals surface area contributed by atoms with E-state index < -0.39 is 0 Å². The lowest BCUT2D eigenvalue weighted by atomic mass is 10.3. The lowest BCUT2D eigenvalue weighted by Crippen LogP contribution is -2.21. The third-order valence-corrected chi connectivity index (χ3v) is 2.92. The average molecular weight is 268 g/mol. The van der Waals surface area contributed by atoms with Gasteiger partial charge in [-0.1, -0.05) is 11.6 Å². The molecule has 0 bridgehead atoms. The molecule has 1 fully saturated rings. The van der Waals surface area contributed by atoms with Crippen molar-refractivity contribution in [1.82, 2.24) is 15.0 Å². The summed E-state index contributed by atoms with van der Waals surface area (Å²) in [6.45, 7) is 6.79. The summed E-state index contributed by atoms with van der Waals surface area (Å²) in [5, 5.41) is 3.37. The summed E-state index contributed by atoms with van der Waals surface area (Å²) in [6.07, 6.45) is 4.45. The lowest BCUT2D eigenvalue weighted by Gasteiger charge is -2.15. The molecule has 0 atom stereocenters. The van der Waals surface area contributed by atoms with Crippen molar-refractivity contribution < 1.29 is 0 Å². The van der Waals surface area contributed by atoms with Crippen molar-refractivity contribution >= 4 is 23.5 Å². The maximum Gasteiger partial charge on any atom is 0.231 e. The Labute approximate surface area is 112 Å². The van der Waals surface area contributed by atoms with E-state index in [0.717, 1.165) is 13.1 Å². The van der Waals surface area contributed by atoms with E-state index >= 15 is 0 Å². The molecule has 6 heteroatoms. The minimum Gasteiger partial charge on any atom is -0.351 e. The van der Waals surface area contributed by atoms with Crippen LogP contribution < -0.4 is 10.2 Å². The fourth-order valence-corrected chi connectivity index (χ4v) is 1.98. The van der Waals surface area contributed by atoms with Gasteiger partial charge in [-0.2, -0.15) is 15.0 Å². The molecule has 2 rings (SSSR count). The van der Waals surface area contributed by atoms with Gasteiger partial charge < -0.3 is 10.2 Å². The molecule has 98 valence electrons. The van der Waals surface area contributed by atoms with E-state index in [1.807, 2.05) is 0 Å². The Morgan fingerprint density at radius 3 is 2.67 bits per heavy atom. The minimum atomic E-state index is 0.242. The van der Waals surface area contributed by atoms with Crippen molar-refractivity contribution in [2.24, 2.45) is 0 Å². The quantitative estimate of drug-likeness (QED) is 0.850. The van der Waals surface area contributed by atoms with Crippen molar-refractivity contribution in [3.63, 3.8) is 0 Å². The van der Waals surface area contributed by atoms with Crippen LogP contribution in [0, 0.1) is 0 Å². The Morgan fingerprint density at radius 2 is 2.00 bits per heavy atom. The highest BCUT2D eigenvalue weighted by atomic mass is 35.5. The van der Waals surface area contributed by atoms with Crippen LogP contribution in [-0.2, 0) is 0 Å². The van der Waals surface area contributed by atoms with E-state index in [9.17, 15) is 0 Å². The molecule has 1 aliphatic rings. The number of hydrogen-bond donors (Lipinski definition) is 1. The Morgan fingerprint density at radius 1 is 1.28 bits per heavy atom. The highest BCUT2D eigenvalue weighted by Gasteiger charge is 2.16. The van der Waals surface area contributed by atoms with Crippen molar-refractivity contribution in [3.05, 3.63) is 16.9 Å². The molecule has 0 aromatic carbocycles. The number of nitrogens with zero attached hydrogens (tertiary/aromatic N) is 4. The molecule has 1 N–H and O–H groups in total. The molecule has 18 heavy (non-hydrogen) atoms. The normalized spacial score (nSPS) is 14.7. The number of allylic oxidation sites excluding steroid dienone is 1. The van der Waals surface area contributed by atoms with E-state index in [0.29, 0.717) is 18.4 Å². The van der Waals surface area contributed by atoms with Gasteiger partial charge in [0, 0.05) is 19.6 Å². The monoisotopic (exact) mass is 267 g/mol. The van der Waals surface area contributed by atoms with Crippen LogP contribution in [0.2, 0.25) is 5.28 Å². The fourth-order valence-electron chi connectivity index (χ4n) is 1.82. The standard InChI is InChI=1S/C12H18ClN5/c1-9(2)5-6-14-11-15-10(13)16-12(17-11)18-7-3-4-8-18/h5H,3-4,6-8H2,1-2H3,(H,14,15,16,17). The number of aromatic nitrogens is 3. The summed E-state index contributed by atoms with van der Waals surface area (Å²) in [5.74, 6) is 1.21. The maximum atomic E-state index is 5.93. The predicted octanol–water partition coefficient (Wildman–Crippen LogP) is 2.50. The second-order valence-corrected chi connectivity index (χ2v) is 4.92. The molecule has 0 aliphatic carbocycles. The van der Waals surface area contributed by atoms with Crippen LogP contribution in [-0.4, -0.2) is 34.6 Å². The predicted molar refractivity (Wildman–Crippen MR) is 74.2 cm³/mol. The van der Waals surface area contributed by atoms with Crippen molar-refractivity contribution in [2.45, 2.75) is 26.7 Å². The molecule has 0 saturated carbocycles. The van der Waals surface area contributed by atoms with Gasteiger partial charge in [0.1, 0.15) is 0 Å². The summed E-state index contributed by atoms with van der Waals surface area (Å²) in [5.41, 5.74) is 1.25. The largest absolute Gasteiger partial charge is 0.351 e. The molecule has 1 aromatic heterocycles. The second kappa shape index (κ2) is 6.00. The summed E-state index contributed by atoms with van der Waals surface area (Å²) < 4.78 is 0. The first-order valence-corrected chi connectivity index (χ1v) is 6.57. The summed E-state index contributed by atoms with van der Waals surface area (Å²) in [4.78, 5) is 14.8. The summed E-state index contributed by atoms with van der Waals surface area (Å²) >= 11 is 5.93. The van der Waals surface area contributed by atoms with Gasteiger partial charge in [-0.15, -0.1) is 0 Å². The Balaban J connectivity index is 2.08. The Kier molecular flexibility index (Phi) is 4.36. The van der Waals surface area contributed by atoms with Gasteiger partial charge in [0.2, 0.25) is 17.2 Å². The zero-order valence-electron chi connectivity index (χ0n) is 10.8. The molecule has 1 aromatic rings. The molecule has 1 aliphatic heterocycles. The van der Waals surface area contributed by atoms with E-state index in [1.54, 1.807) is 0 Å². The first kappa shape index (κ1) is 13.1. The zero-order chi connectivity index (χ0) is 13.0. The SMILES string of the molecule is CC(C)=CCNc1nc(Cl)nc(N2CCCC2)n1. The van der Waals surface area contributed by atoms with E-state index in [2.05, 4.69) is 45.1 Å². The van der Waals surface area contributed by atoms with Gasteiger partial charge in [0.05, 0.1) is 0 Å². The highest BCUT2D eigenvalue weighted by Crippen LogP contribution is 2.18. The minimum absolute atomic E-state index is 0.242. The first-order chi connectivity index (χ1) is 8.65. The smallest absolute Gasteiger partial charge is 0.231 e. The van der Waals surface area contributed by atoms with Crippen LogP contribution >= 0.6 is 11.6 Å². The number of nitrogens with one attached hydrogen (secondary N) is 1. The van der Waals surface area contributed by atoms with Crippen LogP contribution in [0.25, 0.3) is 0 Å². The van der Waals surface area contributed by atoms with Gasteiger partial charge >= 0.3 is 0 Å². The molecular formula is C12H18ClN5. The molecule has 2 heterocycles. The first-order valence-electron chi connectivity index (χ1n) is 6.19. The van der Waals surface area contributed by atoms with Gasteiger partial charge in [-0.05, 0) is 38.3 Å². The zero-order valence-corrected chi connectivity index (χ0v) is 11.5. The number of anilines is 2. The van der Waals surface area contributed by atoms with E-state index in [1.165, 1.54) is 18.4 Å². The van der Waals surface area contributed by atoms with Crippen LogP contribution in [0.5, 0.6) is 0 Å². The van der Waals surface area contributed by atoms with Gasteiger partial charge in [0.25, 0.3) is 0 Å². The van der Waals surface area contributed by atoms with Crippen LogP contribution in [0.3, 0.4) is 0 Å². The van der Waals surface area contributed by atoms with Crippen molar-refractivity contribution in [3.8, 4) is 0 Å². The van der Waals surface area contributed by atoms with Crippen molar-refractivity contribution in [2.75, 3.05) is 29.9 Å². The Bertz CT molecular complexity index is 436. The number of hydrogen-bond acceptors (Lipinski definition) is 5. The maximum absolute atomic E-state index is 5.93. The fraction of sp³-hybridized carbons (Fsp3) is 0.583. The second-order valence-electron chi connectivity index (χ2n) is 4.58. The van der Waals surface area contributed by atoms with Gasteiger partial charge in [-0.3, -0.25) is 0 Å². The van der Waals surface area contributed by atoms with Gasteiger partial charge in [0.15, 0.2) is 0 Å². The topological polar surface area (TPSA) is 53.9 Å². The van der Waals surface area contributed by atoms with Crippen molar-refractivity contribution in [1.29, 1.82) is 0 Å². The molecule has 1 saturated heterocycles. The highest BCUT2D eigenvalue weighted by molar-refractivity contribution is 6.28. The van der Waals surface area contributed by atoms with Gasteiger partial charge in [-0.25, -0.2) is 0 Å². The van der Waals surface area contributed by atoms with E-state index in [-0.39, 0.29) is 5.28 Å². The van der Waals surface area contributed by atoms with E-state index in [4.69, 9.17) is 11.6 Å². The Hall–Kier alpha value is -1.36. The third-order valence-electron chi connectivity index (χ3n) is 2.76. The lowest BCUT2D eigenvalue weighted by molar-refractivity contribution is 0.879. The summed E-state index contributed by atoms with van der Waals surface area (Å²) in [6, 6.07) is 0. The van der Waals surface area contributed by atoms with Crippen LogP contribution in [0.1, 0.15) is 26.7 Å². The van der Waals surface area contributed by atoms with Crippen LogP contribution in [0.4, 0.5) is 11.9 Å². The summed E-state index contributed by atoms with van der Waals surface area (Å²) in [7, 11) is 0. The molecule has 0 radical (unpaired) electrons. The number of halogens is 1. The molecular weight excluding hydrogens is 250 g/mol. The molecule has 5 nitrogen and oxygen atoms in total.